The maximum absolute atomic E-state index is 13.4. The second kappa shape index (κ2) is 9.62. The number of halogens is 1. The molecule has 14 heteroatoms. The number of aryl methyl sites for hydroxylation is 1. The minimum absolute atomic E-state index is 0.140. The number of nitrogens with zero attached hydrogens (tertiary/aromatic N) is 6. The van der Waals surface area contributed by atoms with Crippen LogP contribution in [0.3, 0.4) is 0 Å². The number of hydrogen-bond donors (Lipinski definition) is 3. The lowest BCUT2D eigenvalue weighted by Crippen LogP contribution is -2.37. The van der Waals surface area contributed by atoms with Gasteiger partial charge in [0, 0.05) is 31.1 Å². The van der Waals surface area contributed by atoms with Gasteiger partial charge in [0.2, 0.25) is 17.8 Å². The standard InChI is InChI=1S/C19H24FN9O3S/c1-12-9-16(28-27-12)23-18-24-17(25-19(26-18)29-5-7-32-8-6-29)22-15(11-33(2,30)31)14-4-3-13(20)10-21-14/h3-4,9-10,15H,5-8,11H2,1-2H3,(H3,22,23,24,25,26,27,28). The number of aromatic amines is 1. The van der Waals surface area contributed by atoms with Crippen LogP contribution in [0.5, 0.6) is 0 Å². The van der Waals surface area contributed by atoms with Crippen molar-refractivity contribution in [1.29, 1.82) is 0 Å². The number of ether oxygens (including phenoxy) is 1. The summed E-state index contributed by atoms with van der Waals surface area (Å²) in [7, 11) is -3.41. The summed E-state index contributed by atoms with van der Waals surface area (Å²) in [6.07, 6.45) is 2.15. The van der Waals surface area contributed by atoms with Gasteiger partial charge < -0.3 is 20.3 Å². The largest absolute Gasteiger partial charge is 0.378 e. The van der Waals surface area contributed by atoms with Crippen molar-refractivity contribution in [2.75, 3.05) is 53.8 Å². The van der Waals surface area contributed by atoms with Gasteiger partial charge in [0.15, 0.2) is 5.82 Å². The molecule has 1 saturated heterocycles. The molecule has 4 heterocycles. The Morgan fingerprint density at radius 1 is 1.21 bits per heavy atom. The van der Waals surface area contributed by atoms with Crippen molar-refractivity contribution in [3.63, 3.8) is 0 Å². The molecule has 0 amide bonds. The van der Waals surface area contributed by atoms with Crippen molar-refractivity contribution in [3.05, 3.63) is 41.6 Å². The fraction of sp³-hybridized carbons (Fsp3) is 0.421. The first kappa shape index (κ1) is 22.8. The molecule has 0 bridgehead atoms. The predicted octanol–water partition coefficient (Wildman–Crippen LogP) is 1.22. The number of morpholine rings is 1. The van der Waals surface area contributed by atoms with Crippen molar-refractivity contribution in [1.82, 2.24) is 30.1 Å². The Hall–Kier alpha value is -3.39. The van der Waals surface area contributed by atoms with Crippen LogP contribution in [0.4, 0.5) is 28.1 Å². The molecule has 3 aromatic rings. The maximum atomic E-state index is 13.4. The van der Waals surface area contributed by atoms with E-state index in [0.717, 1.165) is 18.1 Å². The van der Waals surface area contributed by atoms with Gasteiger partial charge in [-0.3, -0.25) is 10.1 Å². The fourth-order valence-electron chi connectivity index (χ4n) is 3.24. The normalized spacial score (nSPS) is 15.3. The highest BCUT2D eigenvalue weighted by atomic mass is 32.2. The van der Waals surface area contributed by atoms with Gasteiger partial charge in [-0.25, -0.2) is 12.8 Å². The summed E-state index contributed by atoms with van der Waals surface area (Å²) in [5.41, 5.74) is 1.20. The first-order valence-electron chi connectivity index (χ1n) is 10.2. The highest BCUT2D eigenvalue weighted by Crippen LogP contribution is 2.22. The molecule has 3 aromatic heterocycles. The second-order valence-electron chi connectivity index (χ2n) is 7.63. The minimum atomic E-state index is -3.41. The van der Waals surface area contributed by atoms with E-state index in [1.54, 1.807) is 6.07 Å². The lowest BCUT2D eigenvalue weighted by atomic mass is 10.2. The average Bonchev–Trinajstić information content (AvgIpc) is 3.18. The van der Waals surface area contributed by atoms with Crippen LogP contribution in [0.2, 0.25) is 0 Å². The maximum Gasteiger partial charge on any atom is 0.235 e. The van der Waals surface area contributed by atoms with Crippen LogP contribution >= 0.6 is 0 Å². The molecule has 12 nitrogen and oxygen atoms in total. The van der Waals surface area contributed by atoms with Gasteiger partial charge in [0.05, 0.1) is 36.9 Å². The third-order valence-corrected chi connectivity index (χ3v) is 5.68. The summed E-state index contributed by atoms with van der Waals surface area (Å²) >= 11 is 0. The van der Waals surface area contributed by atoms with E-state index in [4.69, 9.17) is 4.74 Å². The Morgan fingerprint density at radius 2 is 1.97 bits per heavy atom. The number of hydrogen-bond acceptors (Lipinski definition) is 11. The molecule has 1 aliphatic heterocycles. The van der Waals surface area contributed by atoms with Crippen molar-refractivity contribution in [2.24, 2.45) is 0 Å². The molecule has 0 radical (unpaired) electrons. The quantitative estimate of drug-likeness (QED) is 0.429. The van der Waals surface area contributed by atoms with Crippen LogP contribution in [0.15, 0.2) is 24.4 Å². The van der Waals surface area contributed by atoms with E-state index in [1.807, 2.05) is 11.8 Å². The van der Waals surface area contributed by atoms with Crippen molar-refractivity contribution < 1.29 is 17.5 Å². The van der Waals surface area contributed by atoms with E-state index in [-0.39, 0.29) is 17.6 Å². The molecule has 0 saturated carbocycles. The number of H-pyrrole nitrogens is 1. The van der Waals surface area contributed by atoms with E-state index in [2.05, 4.69) is 40.8 Å². The van der Waals surface area contributed by atoms with Crippen LogP contribution < -0.4 is 15.5 Å². The van der Waals surface area contributed by atoms with Crippen LogP contribution in [0.1, 0.15) is 17.4 Å². The number of nitrogens with one attached hydrogen (secondary N) is 3. The molecule has 176 valence electrons. The van der Waals surface area contributed by atoms with Gasteiger partial charge in [-0.15, -0.1) is 0 Å². The summed E-state index contributed by atoms with van der Waals surface area (Å²) in [5.74, 6) is 0.478. The zero-order valence-corrected chi connectivity index (χ0v) is 18.9. The Morgan fingerprint density at radius 3 is 2.61 bits per heavy atom. The summed E-state index contributed by atoms with van der Waals surface area (Å²) < 4.78 is 42.9. The Kier molecular flexibility index (Phi) is 6.65. The van der Waals surface area contributed by atoms with Crippen molar-refractivity contribution >= 4 is 33.5 Å². The fourth-order valence-corrected chi connectivity index (χ4v) is 4.10. The summed E-state index contributed by atoms with van der Waals surface area (Å²) in [6.45, 7) is 4.12. The molecule has 0 aliphatic carbocycles. The van der Waals surface area contributed by atoms with Crippen LogP contribution in [-0.4, -0.2) is 76.9 Å². The predicted molar refractivity (Wildman–Crippen MR) is 120 cm³/mol. The SMILES string of the molecule is Cc1cc(Nc2nc(NC(CS(C)(=O)=O)c3ccc(F)cn3)nc(N3CCOCC3)n2)n[nH]1. The number of sulfone groups is 1. The van der Waals surface area contributed by atoms with E-state index in [9.17, 15) is 12.8 Å². The molecule has 1 unspecified atom stereocenters. The first-order chi connectivity index (χ1) is 15.7. The molecule has 1 aliphatic rings. The van der Waals surface area contributed by atoms with E-state index >= 15 is 0 Å². The smallest absolute Gasteiger partial charge is 0.235 e. The Balaban J connectivity index is 1.68. The Bertz CT molecular complexity index is 1200. The van der Waals surface area contributed by atoms with Gasteiger partial charge in [0.1, 0.15) is 15.7 Å². The molecule has 4 rings (SSSR count). The number of pyridine rings is 1. The summed E-state index contributed by atoms with van der Waals surface area (Å²) in [6, 6.07) is 3.63. The second-order valence-corrected chi connectivity index (χ2v) is 9.82. The van der Waals surface area contributed by atoms with Gasteiger partial charge in [-0.2, -0.15) is 20.1 Å². The molecule has 33 heavy (non-hydrogen) atoms. The molecule has 3 N–H and O–H groups in total. The van der Waals surface area contributed by atoms with Gasteiger partial charge in [0.25, 0.3) is 0 Å². The highest BCUT2D eigenvalue weighted by Gasteiger charge is 2.23. The number of anilines is 4. The zero-order valence-electron chi connectivity index (χ0n) is 18.1. The molecule has 1 atom stereocenters. The van der Waals surface area contributed by atoms with Crippen LogP contribution in [-0.2, 0) is 14.6 Å². The molecular formula is C19H24FN9O3S. The van der Waals surface area contributed by atoms with E-state index in [0.29, 0.717) is 43.8 Å². The summed E-state index contributed by atoms with van der Waals surface area (Å²) in [5, 5.41) is 13.0. The monoisotopic (exact) mass is 477 g/mol. The Labute approximate surface area is 189 Å². The molecule has 0 spiro atoms. The van der Waals surface area contributed by atoms with Gasteiger partial charge >= 0.3 is 0 Å². The van der Waals surface area contributed by atoms with E-state index in [1.165, 1.54) is 12.1 Å². The lowest BCUT2D eigenvalue weighted by molar-refractivity contribution is 0.122. The molecule has 0 aromatic carbocycles. The molecule has 1 fully saturated rings. The summed E-state index contributed by atoms with van der Waals surface area (Å²) in [4.78, 5) is 19.3. The van der Waals surface area contributed by atoms with Gasteiger partial charge in [-0.05, 0) is 19.1 Å². The topological polar surface area (TPSA) is 151 Å². The third-order valence-electron chi connectivity index (χ3n) is 4.74. The van der Waals surface area contributed by atoms with Crippen LogP contribution in [0.25, 0.3) is 0 Å². The first-order valence-corrected chi connectivity index (χ1v) is 12.2. The number of rotatable bonds is 8. The van der Waals surface area contributed by atoms with Crippen LogP contribution in [0, 0.1) is 12.7 Å². The van der Waals surface area contributed by atoms with E-state index < -0.39 is 21.7 Å². The average molecular weight is 478 g/mol. The van der Waals surface area contributed by atoms with Gasteiger partial charge in [-0.1, -0.05) is 0 Å². The minimum Gasteiger partial charge on any atom is -0.378 e. The lowest BCUT2D eigenvalue weighted by Gasteiger charge is -2.27. The van der Waals surface area contributed by atoms with Crippen molar-refractivity contribution in [3.8, 4) is 0 Å². The van der Waals surface area contributed by atoms with Crippen molar-refractivity contribution in [2.45, 2.75) is 13.0 Å². The third kappa shape index (κ3) is 6.32. The number of aromatic nitrogens is 6. The molecular weight excluding hydrogens is 453 g/mol. The zero-order chi connectivity index (χ0) is 23.4. The highest BCUT2D eigenvalue weighted by molar-refractivity contribution is 7.90.